The summed E-state index contributed by atoms with van der Waals surface area (Å²) in [6, 6.07) is 3.59. The first-order chi connectivity index (χ1) is 14.1. The number of aliphatic hydroxyl groups excluding tert-OH is 1. The van der Waals surface area contributed by atoms with Crippen LogP contribution in [0.2, 0.25) is 0 Å². The predicted octanol–water partition coefficient (Wildman–Crippen LogP) is 1.73. The molecule has 0 amide bonds. The second kappa shape index (κ2) is 7.06. The quantitative estimate of drug-likeness (QED) is 0.677. The molecule has 0 saturated carbocycles. The molecule has 0 fully saturated rings. The Kier molecular flexibility index (Phi) is 4.37. The molecule has 5 rings (SSSR count). The number of aromatic nitrogens is 4. The average Bonchev–Trinajstić information content (AvgIpc) is 3.39. The van der Waals surface area contributed by atoms with Crippen molar-refractivity contribution >= 4 is 5.97 Å². The molecule has 148 valence electrons. The number of β-amino-alcohol motifs (C(OH)–C–C–N with tert-alkyl or cyclic N) is 1. The molecule has 3 aromatic rings. The summed E-state index contributed by atoms with van der Waals surface area (Å²) in [6.45, 7) is 4.25. The van der Waals surface area contributed by atoms with Crippen LogP contribution in [0.15, 0.2) is 37.1 Å². The Morgan fingerprint density at radius 1 is 1.34 bits per heavy atom. The zero-order valence-electron chi connectivity index (χ0n) is 16.1. The van der Waals surface area contributed by atoms with Gasteiger partial charge in [0.2, 0.25) is 5.95 Å². The van der Waals surface area contributed by atoms with E-state index < -0.39 is 6.10 Å². The summed E-state index contributed by atoms with van der Waals surface area (Å²) < 4.78 is 6.91. The summed E-state index contributed by atoms with van der Waals surface area (Å²) >= 11 is 0. The van der Waals surface area contributed by atoms with Gasteiger partial charge in [0.25, 0.3) is 0 Å². The van der Waals surface area contributed by atoms with E-state index in [9.17, 15) is 9.90 Å². The van der Waals surface area contributed by atoms with Crippen LogP contribution in [-0.2, 0) is 24.3 Å². The van der Waals surface area contributed by atoms with E-state index in [0.717, 1.165) is 40.9 Å². The molecule has 8 heteroatoms. The first-order valence-electron chi connectivity index (χ1n) is 9.63. The molecule has 0 bridgehead atoms. The van der Waals surface area contributed by atoms with E-state index >= 15 is 0 Å². The Hall–Kier alpha value is -3.10. The highest BCUT2D eigenvalue weighted by Gasteiger charge is 2.27. The fraction of sp³-hybridized carbons (Fsp3) is 0.333. The average molecular weight is 391 g/mol. The van der Waals surface area contributed by atoms with Gasteiger partial charge in [0.05, 0.1) is 17.4 Å². The lowest BCUT2D eigenvalue weighted by atomic mass is 9.95. The van der Waals surface area contributed by atoms with Crippen LogP contribution < -0.4 is 0 Å². The molecule has 29 heavy (non-hydrogen) atoms. The third kappa shape index (κ3) is 3.20. The van der Waals surface area contributed by atoms with Gasteiger partial charge in [-0.1, -0.05) is 6.07 Å². The zero-order chi connectivity index (χ0) is 20.0. The van der Waals surface area contributed by atoms with E-state index in [1.54, 1.807) is 23.2 Å². The predicted molar refractivity (Wildman–Crippen MR) is 103 cm³/mol. The van der Waals surface area contributed by atoms with E-state index in [2.05, 4.69) is 19.9 Å². The van der Waals surface area contributed by atoms with Crippen LogP contribution in [0.5, 0.6) is 0 Å². The summed E-state index contributed by atoms with van der Waals surface area (Å²) in [5.41, 5.74) is 5.40. The Bertz CT molecular complexity index is 1080. The Balaban J connectivity index is 1.31. The van der Waals surface area contributed by atoms with Crippen LogP contribution in [0.4, 0.5) is 0 Å². The topological polar surface area (TPSA) is 93.4 Å². The fourth-order valence-corrected chi connectivity index (χ4v) is 4.09. The number of benzene rings is 1. The molecule has 0 radical (unpaired) electrons. The highest BCUT2D eigenvalue weighted by Crippen LogP contribution is 2.30. The monoisotopic (exact) mass is 391 g/mol. The van der Waals surface area contributed by atoms with Crippen molar-refractivity contribution in [2.45, 2.75) is 32.6 Å². The third-order valence-corrected chi connectivity index (χ3v) is 5.73. The van der Waals surface area contributed by atoms with Crippen molar-refractivity contribution < 1.29 is 14.6 Å². The maximum absolute atomic E-state index is 11.7. The number of carbonyl (C=O) groups is 1. The maximum atomic E-state index is 11.7. The van der Waals surface area contributed by atoms with Crippen LogP contribution in [-0.4, -0.2) is 48.6 Å². The first-order valence-corrected chi connectivity index (χ1v) is 9.63. The number of imidazole rings is 1. The molecule has 1 aromatic carbocycles. The van der Waals surface area contributed by atoms with Gasteiger partial charge in [0.15, 0.2) is 0 Å². The van der Waals surface area contributed by atoms with Crippen molar-refractivity contribution in [1.82, 2.24) is 24.4 Å². The number of nitrogens with zero attached hydrogens (tertiary/aromatic N) is 5. The summed E-state index contributed by atoms with van der Waals surface area (Å²) in [4.78, 5) is 27.1. The molecule has 0 spiro atoms. The highest BCUT2D eigenvalue weighted by molar-refractivity contribution is 5.93. The van der Waals surface area contributed by atoms with Crippen LogP contribution in [0, 0.1) is 6.92 Å². The second-order valence-corrected chi connectivity index (χ2v) is 7.49. The molecule has 2 aliphatic rings. The SMILES string of the molecule is Cc1c(C(O)CN2CCc3nc(-n4ccnc4)ncc3C2)ccc2c1COC2=O. The highest BCUT2D eigenvalue weighted by atomic mass is 16.5. The molecule has 8 nitrogen and oxygen atoms in total. The van der Waals surface area contributed by atoms with Crippen molar-refractivity contribution in [3.8, 4) is 5.95 Å². The zero-order valence-corrected chi connectivity index (χ0v) is 16.1. The Morgan fingerprint density at radius 3 is 3.07 bits per heavy atom. The van der Waals surface area contributed by atoms with Crippen LogP contribution >= 0.6 is 0 Å². The molecule has 2 aliphatic heterocycles. The standard InChI is InChI=1S/C21H21N5O3/c1-13-15(2-3-16-17(13)11-29-20(16)28)19(27)10-25-6-4-18-14(9-25)8-23-21(24-18)26-7-5-22-12-26/h2-3,5,7-8,12,19,27H,4,6,9-11H2,1H3. The number of esters is 1. The molecular formula is C21H21N5O3. The fourth-order valence-electron chi connectivity index (χ4n) is 4.09. The molecule has 0 aliphatic carbocycles. The summed E-state index contributed by atoms with van der Waals surface area (Å²) in [7, 11) is 0. The van der Waals surface area contributed by atoms with Crippen LogP contribution in [0.1, 0.15) is 44.4 Å². The van der Waals surface area contributed by atoms with Gasteiger partial charge < -0.3 is 9.84 Å². The van der Waals surface area contributed by atoms with E-state index in [1.807, 2.05) is 25.4 Å². The molecule has 1 atom stereocenters. The molecule has 1 N–H and O–H groups in total. The minimum atomic E-state index is -0.635. The van der Waals surface area contributed by atoms with E-state index in [-0.39, 0.29) is 12.6 Å². The largest absolute Gasteiger partial charge is 0.457 e. The van der Waals surface area contributed by atoms with Gasteiger partial charge in [-0.15, -0.1) is 0 Å². The van der Waals surface area contributed by atoms with Gasteiger partial charge >= 0.3 is 5.97 Å². The number of ether oxygens (including phenoxy) is 1. The van der Waals surface area contributed by atoms with Crippen molar-refractivity contribution in [2.24, 2.45) is 0 Å². The maximum Gasteiger partial charge on any atom is 0.338 e. The lowest BCUT2D eigenvalue weighted by molar-refractivity contribution is 0.0535. The number of carbonyl (C=O) groups excluding carboxylic acids is 1. The Morgan fingerprint density at radius 2 is 2.24 bits per heavy atom. The number of cyclic esters (lactones) is 1. The minimum absolute atomic E-state index is 0.285. The molecule has 4 heterocycles. The van der Waals surface area contributed by atoms with E-state index in [1.165, 1.54) is 0 Å². The van der Waals surface area contributed by atoms with Crippen molar-refractivity contribution in [3.05, 3.63) is 70.6 Å². The molecule has 1 unspecified atom stereocenters. The number of aliphatic hydroxyl groups is 1. The van der Waals surface area contributed by atoms with Gasteiger partial charge in [-0.3, -0.25) is 9.47 Å². The number of hydrogen-bond donors (Lipinski definition) is 1. The second-order valence-electron chi connectivity index (χ2n) is 7.49. The Labute approximate surface area is 167 Å². The summed E-state index contributed by atoms with van der Waals surface area (Å²) in [5, 5.41) is 10.9. The smallest absolute Gasteiger partial charge is 0.338 e. The first kappa shape index (κ1) is 18.0. The van der Waals surface area contributed by atoms with Crippen LogP contribution in [0.3, 0.4) is 0 Å². The van der Waals surface area contributed by atoms with Crippen molar-refractivity contribution in [1.29, 1.82) is 0 Å². The summed E-state index contributed by atoms with van der Waals surface area (Å²) in [6.07, 6.45) is 7.24. The number of rotatable bonds is 4. The van der Waals surface area contributed by atoms with E-state index in [0.29, 0.717) is 24.6 Å². The van der Waals surface area contributed by atoms with Crippen molar-refractivity contribution in [3.63, 3.8) is 0 Å². The molecule has 0 saturated heterocycles. The normalized spacial score (nSPS) is 17.0. The molecular weight excluding hydrogens is 370 g/mol. The molecule has 2 aromatic heterocycles. The van der Waals surface area contributed by atoms with Gasteiger partial charge in [-0.05, 0) is 24.1 Å². The van der Waals surface area contributed by atoms with Gasteiger partial charge in [-0.2, -0.15) is 0 Å². The minimum Gasteiger partial charge on any atom is -0.457 e. The lowest BCUT2D eigenvalue weighted by Crippen LogP contribution is -2.35. The lowest BCUT2D eigenvalue weighted by Gasteiger charge is -2.30. The van der Waals surface area contributed by atoms with Gasteiger partial charge in [0, 0.05) is 55.8 Å². The van der Waals surface area contributed by atoms with Crippen molar-refractivity contribution in [2.75, 3.05) is 13.1 Å². The van der Waals surface area contributed by atoms with Gasteiger partial charge in [-0.25, -0.2) is 19.7 Å². The van der Waals surface area contributed by atoms with E-state index in [4.69, 9.17) is 4.74 Å². The number of hydrogen-bond acceptors (Lipinski definition) is 7. The number of fused-ring (bicyclic) bond motifs is 2. The third-order valence-electron chi connectivity index (χ3n) is 5.73. The van der Waals surface area contributed by atoms with Crippen LogP contribution in [0.25, 0.3) is 5.95 Å². The summed E-state index contributed by atoms with van der Waals surface area (Å²) in [5.74, 6) is 0.340. The van der Waals surface area contributed by atoms with Gasteiger partial charge in [0.1, 0.15) is 12.9 Å².